The van der Waals surface area contributed by atoms with Crippen LogP contribution in [-0.2, 0) is 6.54 Å². The van der Waals surface area contributed by atoms with Crippen LogP contribution in [0.1, 0.15) is 30.0 Å². The minimum absolute atomic E-state index is 0.106. The Morgan fingerprint density at radius 1 is 1.22 bits per heavy atom. The average Bonchev–Trinajstić information content (AvgIpc) is 3.52. The maximum atomic E-state index is 12.6. The summed E-state index contributed by atoms with van der Waals surface area (Å²) in [6.45, 7) is 0.513. The van der Waals surface area contributed by atoms with Crippen molar-refractivity contribution in [2.45, 2.75) is 25.3 Å². The van der Waals surface area contributed by atoms with E-state index in [2.05, 4.69) is 36.4 Å². The Morgan fingerprint density at radius 2 is 2.11 bits per heavy atom. The summed E-state index contributed by atoms with van der Waals surface area (Å²) in [4.78, 5) is 20.4. The summed E-state index contributed by atoms with van der Waals surface area (Å²) < 4.78 is 0.929. The lowest BCUT2D eigenvalue weighted by molar-refractivity contribution is 0.922. The van der Waals surface area contributed by atoms with E-state index in [0.29, 0.717) is 17.8 Å². The van der Waals surface area contributed by atoms with E-state index in [9.17, 15) is 4.79 Å². The van der Waals surface area contributed by atoms with Crippen LogP contribution >= 0.6 is 15.9 Å². The van der Waals surface area contributed by atoms with Crippen LogP contribution in [0, 0.1) is 0 Å². The van der Waals surface area contributed by atoms with Gasteiger partial charge in [0.05, 0.1) is 23.1 Å². The lowest BCUT2D eigenvalue weighted by Crippen LogP contribution is -2.11. The quantitative estimate of drug-likeness (QED) is 0.484. The van der Waals surface area contributed by atoms with Gasteiger partial charge >= 0.3 is 0 Å². The first-order chi connectivity index (χ1) is 13.2. The second-order valence-electron chi connectivity index (χ2n) is 6.79. The summed E-state index contributed by atoms with van der Waals surface area (Å²) in [6, 6.07) is 9.70. The SMILES string of the molecule is O=c1[nH]cc(C2CC2)c2nc(NCc3cccnn3)c3ccc(Br)cc3c12. The molecule has 2 N–H and O–H groups in total. The van der Waals surface area contributed by atoms with Gasteiger partial charge in [-0.25, -0.2) is 4.98 Å². The van der Waals surface area contributed by atoms with Crippen molar-refractivity contribution in [3.05, 3.63) is 68.8 Å². The van der Waals surface area contributed by atoms with Gasteiger partial charge in [-0.15, -0.1) is 0 Å². The van der Waals surface area contributed by atoms with Gasteiger partial charge in [-0.05, 0) is 54.7 Å². The van der Waals surface area contributed by atoms with Crippen LogP contribution < -0.4 is 10.9 Å². The Hall–Kier alpha value is -2.80. The summed E-state index contributed by atoms with van der Waals surface area (Å²) in [6.07, 6.45) is 5.76. The Bertz CT molecular complexity index is 1220. The lowest BCUT2D eigenvalue weighted by atomic mass is 10.0. The summed E-state index contributed by atoms with van der Waals surface area (Å²) in [7, 11) is 0. The van der Waals surface area contributed by atoms with Crippen molar-refractivity contribution in [2.75, 3.05) is 5.32 Å². The number of aromatic nitrogens is 4. The standard InChI is InChI=1S/C20H16BrN5O/c21-12-5-6-14-15(8-12)17-18(16(11-3-4-11)10-23-20(17)27)25-19(14)22-9-13-2-1-7-24-26-13/h1-2,5-8,10-11H,3-4,9H2,(H,22,25)(H,23,27). The summed E-state index contributed by atoms with van der Waals surface area (Å²) in [5.74, 6) is 1.23. The lowest BCUT2D eigenvalue weighted by Gasteiger charge is -2.13. The van der Waals surface area contributed by atoms with Gasteiger partial charge < -0.3 is 10.3 Å². The van der Waals surface area contributed by atoms with Gasteiger partial charge in [-0.2, -0.15) is 10.2 Å². The number of anilines is 1. The first-order valence-corrected chi connectivity index (χ1v) is 9.65. The van der Waals surface area contributed by atoms with E-state index in [4.69, 9.17) is 4.98 Å². The molecule has 27 heavy (non-hydrogen) atoms. The van der Waals surface area contributed by atoms with E-state index in [1.54, 1.807) is 6.20 Å². The van der Waals surface area contributed by atoms with E-state index in [1.165, 1.54) is 0 Å². The second-order valence-corrected chi connectivity index (χ2v) is 7.71. The zero-order chi connectivity index (χ0) is 18.4. The molecule has 5 rings (SSSR count). The number of H-pyrrole nitrogens is 1. The zero-order valence-corrected chi connectivity index (χ0v) is 16.0. The fraction of sp³-hybridized carbons (Fsp3) is 0.200. The number of halogens is 1. The van der Waals surface area contributed by atoms with E-state index >= 15 is 0 Å². The highest BCUT2D eigenvalue weighted by molar-refractivity contribution is 9.10. The molecule has 0 amide bonds. The number of nitrogens with one attached hydrogen (secondary N) is 2. The molecule has 1 aliphatic rings. The van der Waals surface area contributed by atoms with Gasteiger partial charge in [0.15, 0.2) is 0 Å². The van der Waals surface area contributed by atoms with E-state index in [1.807, 2.05) is 36.5 Å². The number of nitrogens with zero attached hydrogens (tertiary/aromatic N) is 3. The number of pyridine rings is 2. The Morgan fingerprint density at radius 3 is 2.89 bits per heavy atom. The highest BCUT2D eigenvalue weighted by Gasteiger charge is 2.27. The van der Waals surface area contributed by atoms with Crippen molar-refractivity contribution in [1.82, 2.24) is 20.2 Å². The van der Waals surface area contributed by atoms with Crippen molar-refractivity contribution in [3.63, 3.8) is 0 Å². The average molecular weight is 422 g/mol. The zero-order valence-electron chi connectivity index (χ0n) is 14.4. The van der Waals surface area contributed by atoms with Crippen LogP contribution in [0.15, 0.2) is 52.0 Å². The van der Waals surface area contributed by atoms with Gasteiger partial charge in [0.1, 0.15) is 5.82 Å². The van der Waals surface area contributed by atoms with Crippen LogP contribution in [0.5, 0.6) is 0 Å². The van der Waals surface area contributed by atoms with Gasteiger partial charge in [0.2, 0.25) is 0 Å². The smallest absolute Gasteiger partial charge is 0.258 e. The van der Waals surface area contributed by atoms with Gasteiger partial charge in [0.25, 0.3) is 5.56 Å². The molecule has 0 atom stereocenters. The minimum Gasteiger partial charge on any atom is -0.364 e. The van der Waals surface area contributed by atoms with Crippen molar-refractivity contribution in [3.8, 4) is 0 Å². The number of aromatic amines is 1. The van der Waals surface area contributed by atoms with Crippen molar-refractivity contribution >= 4 is 43.4 Å². The number of hydrogen-bond donors (Lipinski definition) is 2. The fourth-order valence-corrected chi connectivity index (χ4v) is 3.81. The Balaban J connectivity index is 1.73. The molecule has 0 unspecified atom stereocenters. The maximum Gasteiger partial charge on any atom is 0.258 e. The highest BCUT2D eigenvalue weighted by Crippen LogP contribution is 2.43. The van der Waals surface area contributed by atoms with Crippen LogP contribution in [0.3, 0.4) is 0 Å². The predicted molar refractivity (Wildman–Crippen MR) is 109 cm³/mol. The molecule has 0 bridgehead atoms. The molecule has 1 fully saturated rings. The number of hydrogen-bond acceptors (Lipinski definition) is 5. The Labute approximate surface area is 163 Å². The largest absolute Gasteiger partial charge is 0.364 e. The third-order valence-corrected chi connectivity index (χ3v) is 5.40. The Kier molecular flexibility index (Phi) is 3.89. The topological polar surface area (TPSA) is 83.6 Å². The van der Waals surface area contributed by atoms with Crippen LogP contribution in [0.4, 0.5) is 5.82 Å². The van der Waals surface area contributed by atoms with Gasteiger partial charge in [-0.1, -0.05) is 15.9 Å². The molecule has 0 spiro atoms. The summed E-state index contributed by atoms with van der Waals surface area (Å²) in [5.41, 5.74) is 2.63. The molecular formula is C20H16BrN5O. The molecule has 134 valence electrons. The third kappa shape index (κ3) is 2.98. The summed E-state index contributed by atoms with van der Waals surface area (Å²) >= 11 is 3.53. The normalized spacial score (nSPS) is 14.0. The monoisotopic (exact) mass is 421 g/mol. The van der Waals surface area contributed by atoms with Crippen LogP contribution in [0.2, 0.25) is 0 Å². The number of benzene rings is 1. The van der Waals surface area contributed by atoms with Crippen molar-refractivity contribution < 1.29 is 0 Å². The number of fused-ring (bicyclic) bond motifs is 3. The maximum absolute atomic E-state index is 12.6. The van der Waals surface area contributed by atoms with Gasteiger partial charge in [0, 0.05) is 27.6 Å². The fourth-order valence-electron chi connectivity index (χ4n) is 3.45. The van der Waals surface area contributed by atoms with E-state index < -0.39 is 0 Å². The molecule has 3 aromatic heterocycles. The first kappa shape index (κ1) is 16.4. The summed E-state index contributed by atoms with van der Waals surface area (Å²) in [5, 5.41) is 13.9. The van der Waals surface area contributed by atoms with Crippen LogP contribution in [-0.4, -0.2) is 20.2 Å². The van der Waals surface area contributed by atoms with E-state index in [0.717, 1.165) is 50.7 Å². The van der Waals surface area contributed by atoms with Crippen LogP contribution in [0.25, 0.3) is 21.7 Å². The molecule has 1 saturated carbocycles. The molecule has 7 heteroatoms. The molecular weight excluding hydrogens is 406 g/mol. The first-order valence-electron chi connectivity index (χ1n) is 8.86. The molecule has 6 nitrogen and oxygen atoms in total. The molecule has 1 aliphatic carbocycles. The molecule has 0 saturated heterocycles. The molecule has 1 aromatic carbocycles. The second kappa shape index (κ2) is 6.42. The predicted octanol–water partition coefficient (Wildman–Crippen LogP) is 4.12. The highest BCUT2D eigenvalue weighted by atomic mass is 79.9. The molecule has 4 aromatic rings. The molecule has 0 radical (unpaired) electrons. The van der Waals surface area contributed by atoms with Gasteiger partial charge in [-0.3, -0.25) is 4.79 Å². The third-order valence-electron chi connectivity index (χ3n) is 4.91. The van der Waals surface area contributed by atoms with Crippen molar-refractivity contribution in [2.24, 2.45) is 0 Å². The number of rotatable bonds is 4. The van der Waals surface area contributed by atoms with E-state index in [-0.39, 0.29) is 5.56 Å². The molecule has 3 heterocycles. The minimum atomic E-state index is -0.106. The molecule has 0 aliphatic heterocycles. The van der Waals surface area contributed by atoms with Crippen molar-refractivity contribution in [1.29, 1.82) is 0 Å².